The maximum absolute atomic E-state index is 9.00. The van der Waals surface area contributed by atoms with Crippen molar-refractivity contribution in [1.29, 1.82) is 0 Å². The molecule has 0 aromatic rings. The minimum absolute atomic E-state index is 0. The number of unbranched alkanes of at least 4 members (excludes halogenated alkanes) is 9. The average Bonchev–Trinajstić information content (AvgIpc) is 2.47. The Hall–Kier alpha value is 0.650. The molecule has 0 aromatic heterocycles. The average molecular weight is 427 g/mol. The van der Waals surface area contributed by atoms with E-state index in [1.807, 2.05) is 0 Å². The van der Waals surface area contributed by atoms with Crippen molar-refractivity contribution in [3.05, 3.63) is 0 Å². The van der Waals surface area contributed by atoms with Gasteiger partial charge in [0.25, 0.3) is 0 Å². The summed E-state index contributed by atoms with van der Waals surface area (Å²) in [5.74, 6) is 0. The number of aliphatic hydroxyl groups is 1. The summed E-state index contributed by atoms with van der Waals surface area (Å²) < 4.78 is 1.23. The standard InChI is InChI=1S/C19H42NO.HI/c1-4-6-8-10-12-16-20(3,18-14-15-19-21)17-13-11-9-7-5-2;/h21H,4-19H2,1-3H3;1H/q+1;/p-1. The van der Waals surface area contributed by atoms with Crippen LogP contribution in [0.5, 0.6) is 0 Å². The van der Waals surface area contributed by atoms with Gasteiger partial charge in [0.15, 0.2) is 0 Å². The molecule has 0 amide bonds. The lowest BCUT2D eigenvalue weighted by Crippen LogP contribution is -3.00. The smallest absolute Gasteiger partial charge is 0.0785 e. The van der Waals surface area contributed by atoms with Gasteiger partial charge in [-0.15, -0.1) is 0 Å². The highest BCUT2D eigenvalue weighted by molar-refractivity contribution is 4.49. The van der Waals surface area contributed by atoms with Gasteiger partial charge in [0.2, 0.25) is 0 Å². The Kier molecular flexibility index (Phi) is 20.4. The SMILES string of the molecule is CCCCCCC[N+](C)(CCCCO)CCCCCCC.[I-]. The number of nitrogens with zero attached hydrogens (tertiary/aromatic N) is 1. The molecule has 0 bridgehead atoms. The van der Waals surface area contributed by atoms with E-state index in [0.717, 1.165) is 6.42 Å². The fraction of sp³-hybridized carbons (Fsp3) is 1.00. The largest absolute Gasteiger partial charge is 1.00 e. The Balaban J connectivity index is 0. The molecular formula is C19H42INO. The Morgan fingerprint density at radius 1 is 0.591 bits per heavy atom. The second-order valence-corrected chi connectivity index (χ2v) is 7.05. The minimum Gasteiger partial charge on any atom is -1.00 e. The first-order chi connectivity index (χ1) is 10.2. The molecule has 0 saturated carbocycles. The van der Waals surface area contributed by atoms with E-state index < -0.39 is 0 Å². The Labute approximate surface area is 157 Å². The molecule has 0 spiro atoms. The van der Waals surface area contributed by atoms with E-state index >= 15 is 0 Å². The molecule has 0 radical (unpaired) electrons. The normalized spacial score (nSPS) is 11.5. The van der Waals surface area contributed by atoms with Crippen LogP contribution in [0.2, 0.25) is 0 Å². The maximum Gasteiger partial charge on any atom is 0.0785 e. The van der Waals surface area contributed by atoms with Crippen LogP contribution in [0.4, 0.5) is 0 Å². The Morgan fingerprint density at radius 2 is 0.955 bits per heavy atom. The van der Waals surface area contributed by atoms with Crippen molar-refractivity contribution < 1.29 is 33.6 Å². The Morgan fingerprint density at radius 3 is 1.32 bits per heavy atom. The molecule has 0 fully saturated rings. The van der Waals surface area contributed by atoms with Crippen molar-refractivity contribution in [1.82, 2.24) is 0 Å². The van der Waals surface area contributed by atoms with Crippen molar-refractivity contribution in [2.24, 2.45) is 0 Å². The summed E-state index contributed by atoms with van der Waals surface area (Å²) in [7, 11) is 2.44. The number of rotatable bonds is 16. The monoisotopic (exact) mass is 427 g/mol. The highest BCUT2D eigenvalue weighted by Crippen LogP contribution is 2.14. The summed E-state index contributed by atoms with van der Waals surface area (Å²) in [6.07, 6.45) is 16.0. The molecule has 0 aliphatic rings. The maximum atomic E-state index is 9.00. The third-order valence-corrected chi connectivity index (χ3v) is 4.71. The molecule has 0 unspecified atom stereocenters. The van der Waals surface area contributed by atoms with Gasteiger partial charge >= 0.3 is 0 Å². The van der Waals surface area contributed by atoms with Gasteiger partial charge in [-0.1, -0.05) is 52.4 Å². The molecule has 1 N–H and O–H groups in total. The highest BCUT2D eigenvalue weighted by Gasteiger charge is 2.19. The van der Waals surface area contributed by atoms with Crippen LogP contribution in [0.1, 0.15) is 90.9 Å². The molecule has 0 aliphatic heterocycles. The summed E-state index contributed by atoms with van der Waals surface area (Å²) in [5.41, 5.74) is 0. The van der Waals surface area contributed by atoms with E-state index in [2.05, 4.69) is 20.9 Å². The van der Waals surface area contributed by atoms with E-state index in [0.29, 0.717) is 6.61 Å². The number of halogens is 1. The first kappa shape index (κ1) is 24.9. The van der Waals surface area contributed by atoms with Crippen molar-refractivity contribution in [2.45, 2.75) is 90.9 Å². The van der Waals surface area contributed by atoms with Crippen LogP contribution < -0.4 is 24.0 Å². The molecule has 0 saturated heterocycles. The molecule has 136 valence electrons. The van der Waals surface area contributed by atoms with Gasteiger partial charge in [-0.25, -0.2) is 0 Å². The van der Waals surface area contributed by atoms with Crippen LogP contribution in [0.3, 0.4) is 0 Å². The van der Waals surface area contributed by atoms with E-state index in [1.165, 1.54) is 94.7 Å². The lowest BCUT2D eigenvalue weighted by molar-refractivity contribution is -0.910. The van der Waals surface area contributed by atoms with Crippen molar-refractivity contribution in [3.63, 3.8) is 0 Å². The van der Waals surface area contributed by atoms with E-state index in [-0.39, 0.29) is 24.0 Å². The van der Waals surface area contributed by atoms with Crippen LogP contribution in [0.15, 0.2) is 0 Å². The molecule has 22 heavy (non-hydrogen) atoms. The fourth-order valence-electron chi connectivity index (χ4n) is 3.13. The summed E-state index contributed by atoms with van der Waals surface area (Å²) in [6, 6.07) is 0. The van der Waals surface area contributed by atoms with E-state index in [1.54, 1.807) is 0 Å². The fourth-order valence-corrected chi connectivity index (χ4v) is 3.13. The molecule has 0 aromatic carbocycles. The molecular weight excluding hydrogens is 385 g/mol. The molecule has 0 atom stereocenters. The lowest BCUT2D eigenvalue weighted by Gasteiger charge is -2.35. The van der Waals surface area contributed by atoms with Crippen LogP contribution in [0.25, 0.3) is 0 Å². The zero-order valence-corrected chi connectivity index (χ0v) is 17.7. The predicted molar refractivity (Wildman–Crippen MR) is 94.6 cm³/mol. The number of hydrogen-bond donors (Lipinski definition) is 1. The quantitative estimate of drug-likeness (QED) is 0.227. The number of hydrogen-bond acceptors (Lipinski definition) is 1. The van der Waals surface area contributed by atoms with Gasteiger partial charge in [-0.2, -0.15) is 0 Å². The van der Waals surface area contributed by atoms with Crippen LogP contribution in [0, 0.1) is 0 Å². The van der Waals surface area contributed by atoms with Crippen molar-refractivity contribution >= 4 is 0 Å². The highest BCUT2D eigenvalue weighted by atomic mass is 127. The number of aliphatic hydroxyl groups excluding tert-OH is 1. The molecule has 0 rings (SSSR count). The summed E-state index contributed by atoms with van der Waals surface area (Å²) in [6.45, 7) is 8.84. The van der Waals surface area contributed by atoms with Crippen LogP contribution in [-0.4, -0.2) is 42.9 Å². The second kappa shape index (κ2) is 18.0. The van der Waals surface area contributed by atoms with E-state index in [4.69, 9.17) is 5.11 Å². The zero-order valence-electron chi connectivity index (χ0n) is 15.6. The summed E-state index contributed by atoms with van der Waals surface area (Å²) >= 11 is 0. The molecule has 3 heteroatoms. The summed E-state index contributed by atoms with van der Waals surface area (Å²) in [4.78, 5) is 0. The van der Waals surface area contributed by atoms with Gasteiger partial charge in [0.1, 0.15) is 0 Å². The third kappa shape index (κ3) is 15.5. The van der Waals surface area contributed by atoms with Gasteiger partial charge in [-0.3, -0.25) is 0 Å². The second-order valence-electron chi connectivity index (χ2n) is 7.05. The van der Waals surface area contributed by atoms with E-state index in [9.17, 15) is 0 Å². The zero-order chi connectivity index (χ0) is 15.8. The van der Waals surface area contributed by atoms with Gasteiger partial charge in [0.05, 0.1) is 26.7 Å². The van der Waals surface area contributed by atoms with Crippen LogP contribution >= 0.6 is 0 Å². The van der Waals surface area contributed by atoms with Crippen molar-refractivity contribution in [3.8, 4) is 0 Å². The molecule has 2 nitrogen and oxygen atoms in total. The first-order valence-electron chi connectivity index (χ1n) is 9.63. The van der Waals surface area contributed by atoms with Crippen LogP contribution in [-0.2, 0) is 0 Å². The predicted octanol–water partition coefficient (Wildman–Crippen LogP) is 2.15. The Bertz CT molecular complexity index is 198. The first-order valence-corrected chi connectivity index (χ1v) is 9.63. The third-order valence-electron chi connectivity index (χ3n) is 4.71. The topological polar surface area (TPSA) is 20.2 Å². The molecule has 0 heterocycles. The number of quaternary nitrogens is 1. The van der Waals surface area contributed by atoms with Gasteiger partial charge in [0, 0.05) is 6.61 Å². The lowest BCUT2D eigenvalue weighted by atomic mass is 10.1. The van der Waals surface area contributed by atoms with Gasteiger partial charge < -0.3 is 33.6 Å². The molecule has 0 aliphatic carbocycles. The summed E-state index contributed by atoms with van der Waals surface area (Å²) in [5, 5.41) is 9.00. The minimum atomic E-state index is 0. The van der Waals surface area contributed by atoms with Gasteiger partial charge in [-0.05, 0) is 38.5 Å². The van der Waals surface area contributed by atoms with Crippen molar-refractivity contribution in [2.75, 3.05) is 33.3 Å².